The van der Waals surface area contributed by atoms with Gasteiger partial charge < -0.3 is 18.7 Å². The van der Waals surface area contributed by atoms with Crippen molar-refractivity contribution in [3.8, 4) is 0 Å². The predicted molar refractivity (Wildman–Crippen MR) is 137 cm³/mol. The Hall–Kier alpha value is -0.416. The molecular formula is C24H51NO5Si2. The van der Waals surface area contributed by atoms with Crippen molar-refractivity contribution in [1.82, 2.24) is 4.90 Å². The number of hydrogen-bond donors (Lipinski definition) is 1. The average Bonchev–Trinajstić information content (AvgIpc) is 2.94. The first-order valence-corrected chi connectivity index (χ1v) is 17.9. The van der Waals surface area contributed by atoms with Crippen LogP contribution in [0.1, 0.15) is 75.2 Å². The Bertz CT molecular complexity index is 632. The van der Waals surface area contributed by atoms with Gasteiger partial charge in [0.15, 0.2) is 16.6 Å². The number of amides is 1. The Morgan fingerprint density at radius 3 is 1.91 bits per heavy atom. The van der Waals surface area contributed by atoms with Crippen molar-refractivity contribution in [2.75, 3.05) is 13.2 Å². The van der Waals surface area contributed by atoms with Gasteiger partial charge >= 0.3 is 6.09 Å². The van der Waals surface area contributed by atoms with Crippen LogP contribution < -0.4 is 0 Å². The van der Waals surface area contributed by atoms with E-state index >= 15 is 0 Å². The number of aliphatic hydroxyl groups excluding tert-OH is 1. The second-order valence-electron chi connectivity index (χ2n) is 13.4. The van der Waals surface area contributed by atoms with Gasteiger partial charge in [0.2, 0.25) is 0 Å². The highest BCUT2D eigenvalue weighted by Gasteiger charge is 2.46. The summed E-state index contributed by atoms with van der Waals surface area (Å²) in [5.41, 5.74) is -0.587. The second-order valence-corrected chi connectivity index (χ2v) is 23.0. The van der Waals surface area contributed by atoms with Crippen LogP contribution in [-0.4, -0.2) is 69.7 Å². The Labute approximate surface area is 199 Å². The van der Waals surface area contributed by atoms with Gasteiger partial charge in [-0.25, -0.2) is 4.79 Å². The van der Waals surface area contributed by atoms with E-state index in [9.17, 15) is 9.90 Å². The third kappa shape index (κ3) is 8.11. The Kier molecular flexibility index (Phi) is 9.31. The highest BCUT2D eigenvalue weighted by atomic mass is 28.4. The lowest BCUT2D eigenvalue weighted by Gasteiger charge is -2.38. The normalized spacial score (nSPS) is 22.2. The van der Waals surface area contributed by atoms with Gasteiger partial charge in [0.1, 0.15) is 5.60 Å². The molecular weight excluding hydrogens is 438 g/mol. The van der Waals surface area contributed by atoms with E-state index < -0.39 is 28.3 Å². The van der Waals surface area contributed by atoms with E-state index in [1.807, 2.05) is 20.8 Å². The molecule has 1 amide bonds. The first kappa shape index (κ1) is 29.6. The molecule has 0 spiro atoms. The molecule has 0 aromatic heterocycles. The smallest absolute Gasteiger partial charge is 0.410 e. The van der Waals surface area contributed by atoms with Gasteiger partial charge in [0.05, 0.1) is 18.2 Å². The van der Waals surface area contributed by atoms with Crippen molar-refractivity contribution < 1.29 is 23.5 Å². The van der Waals surface area contributed by atoms with Gasteiger partial charge in [-0.1, -0.05) is 41.5 Å². The quantitative estimate of drug-likeness (QED) is 0.434. The van der Waals surface area contributed by atoms with Gasteiger partial charge in [-0.05, 0) is 69.9 Å². The van der Waals surface area contributed by atoms with E-state index in [1.165, 1.54) is 0 Å². The summed E-state index contributed by atoms with van der Waals surface area (Å²) < 4.78 is 18.5. The number of carbonyl (C=O) groups excluding carboxylic acids is 1. The monoisotopic (exact) mass is 489 g/mol. The Morgan fingerprint density at radius 2 is 1.47 bits per heavy atom. The molecule has 1 N–H and O–H groups in total. The number of ether oxygens (including phenoxy) is 1. The molecule has 8 heteroatoms. The molecule has 190 valence electrons. The first-order valence-electron chi connectivity index (χ1n) is 12.1. The van der Waals surface area contributed by atoms with E-state index in [-0.39, 0.29) is 28.3 Å². The number of rotatable bonds is 7. The fraction of sp³-hybridized carbons (Fsp3) is 0.958. The molecule has 32 heavy (non-hydrogen) atoms. The lowest BCUT2D eigenvalue weighted by atomic mass is 10.1. The zero-order chi connectivity index (χ0) is 25.3. The van der Waals surface area contributed by atoms with Crippen LogP contribution in [0.4, 0.5) is 4.79 Å². The predicted octanol–water partition coefficient (Wildman–Crippen LogP) is 6.16. The van der Waals surface area contributed by atoms with Crippen molar-refractivity contribution in [2.24, 2.45) is 0 Å². The average molecular weight is 490 g/mol. The molecule has 1 aliphatic rings. The number of nitrogens with zero attached hydrogens (tertiary/aromatic N) is 1. The third-order valence-electron chi connectivity index (χ3n) is 7.33. The molecule has 0 radical (unpaired) electrons. The molecule has 0 aromatic carbocycles. The van der Waals surface area contributed by atoms with Crippen LogP contribution in [0.5, 0.6) is 0 Å². The number of aliphatic hydroxyl groups is 1. The van der Waals surface area contributed by atoms with Crippen LogP contribution >= 0.6 is 0 Å². The van der Waals surface area contributed by atoms with Crippen molar-refractivity contribution >= 4 is 22.7 Å². The minimum absolute atomic E-state index is 0.0808. The summed E-state index contributed by atoms with van der Waals surface area (Å²) in [6, 6.07) is -0.331. The maximum Gasteiger partial charge on any atom is 0.410 e. The maximum absolute atomic E-state index is 13.0. The largest absolute Gasteiger partial charge is 0.444 e. The van der Waals surface area contributed by atoms with Crippen LogP contribution in [0.25, 0.3) is 0 Å². The summed E-state index contributed by atoms with van der Waals surface area (Å²) in [5, 5.41) is 11.3. The molecule has 1 heterocycles. The van der Waals surface area contributed by atoms with E-state index in [0.29, 0.717) is 26.0 Å². The van der Waals surface area contributed by atoms with Crippen LogP contribution in [0.2, 0.25) is 36.3 Å². The van der Waals surface area contributed by atoms with Crippen LogP contribution in [0.15, 0.2) is 0 Å². The van der Waals surface area contributed by atoms with Gasteiger partial charge in [-0.2, -0.15) is 0 Å². The van der Waals surface area contributed by atoms with Crippen LogP contribution in [0.3, 0.4) is 0 Å². The summed E-state index contributed by atoms with van der Waals surface area (Å²) >= 11 is 0. The molecule has 2 unspecified atom stereocenters. The lowest BCUT2D eigenvalue weighted by Crippen LogP contribution is -2.46. The molecule has 0 saturated carbocycles. The number of likely N-dealkylation sites (tertiary alicyclic amines) is 1. The molecule has 1 fully saturated rings. The number of hydrogen-bond acceptors (Lipinski definition) is 5. The van der Waals surface area contributed by atoms with E-state index in [1.54, 1.807) is 4.90 Å². The van der Waals surface area contributed by atoms with Crippen LogP contribution in [0, 0.1) is 0 Å². The standard InChI is InChI=1S/C24H51NO5Si2/c1-22(2,3)29-21(27)25-17-18(30-32(12,13)24(7,8)9)16-19(25)20(26)14-15-28-31(10,11)23(4,5)6/h18-20,26H,14-17H2,1-13H3/t18?,19?,20-/m0/s1. The summed E-state index contributed by atoms with van der Waals surface area (Å²) in [5.74, 6) is 0. The molecule has 1 saturated heterocycles. The molecule has 3 atom stereocenters. The highest BCUT2D eigenvalue weighted by Crippen LogP contribution is 2.40. The number of carbonyl (C=O) groups is 1. The maximum atomic E-state index is 13.0. The van der Waals surface area contributed by atoms with Gasteiger partial charge in [-0.15, -0.1) is 0 Å². The summed E-state index contributed by atoms with van der Waals surface area (Å²) in [7, 11) is -3.88. The molecule has 1 aliphatic heterocycles. The lowest BCUT2D eigenvalue weighted by molar-refractivity contribution is 0.00116. The van der Waals surface area contributed by atoms with E-state index in [4.69, 9.17) is 13.6 Å². The second kappa shape index (κ2) is 10.1. The van der Waals surface area contributed by atoms with Crippen molar-refractivity contribution in [3.05, 3.63) is 0 Å². The summed E-state index contributed by atoms with van der Waals surface area (Å²) in [6.45, 7) is 28.7. The zero-order valence-electron chi connectivity index (χ0n) is 23.1. The Morgan fingerprint density at radius 1 is 0.969 bits per heavy atom. The molecule has 1 rings (SSSR count). The van der Waals surface area contributed by atoms with E-state index in [0.717, 1.165) is 0 Å². The minimum atomic E-state index is -2.00. The summed E-state index contributed by atoms with van der Waals surface area (Å²) in [6.07, 6.45) is -0.0473. The summed E-state index contributed by atoms with van der Waals surface area (Å²) in [4.78, 5) is 14.7. The van der Waals surface area contributed by atoms with Crippen molar-refractivity contribution in [2.45, 2.75) is 135 Å². The highest BCUT2D eigenvalue weighted by molar-refractivity contribution is 6.74. The van der Waals surface area contributed by atoms with Gasteiger partial charge in [-0.3, -0.25) is 4.90 Å². The Balaban J connectivity index is 2.93. The third-order valence-corrected chi connectivity index (χ3v) is 16.4. The van der Waals surface area contributed by atoms with Gasteiger partial charge in [0, 0.05) is 13.2 Å². The van der Waals surface area contributed by atoms with Gasteiger partial charge in [0.25, 0.3) is 0 Å². The molecule has 0 aliphatic carbocycles. The zero-order valence-corrected chi connectivity index (χ0v) is 25.1. The molecule has 0 bridgehead atoms. The van der Waals surface area contributed by atoms with Crippen molar-refractivity contribution in [3.63, 3.8) is 0 Å². The van der Waals surface area contributed by atoms with Crippen molar-refractivity contribution in [1.29, 1.82) is 0 Å². The minimum Gasteiger partial charge on any atom is -0.444 e. The fourth-order valence-corrected chi connectivity index (χ4v) is 5.66. The fourth-order valence-electron chi connectivity index (χ4n) is 3.24. The van der Waals surface area contributed by atoms with E-state index in [2.05, 4.69) is 67.7 Å². The molecule has 0 aromatic rings. The molecule has 6 nitrogen and oxygen atoms in total. The SMILES string of the molecule is CC(C)(C)OC(=O)N1CC(O[Si](C)(C)C(C)(C)C)CC1[C@@H](O)CCO[Si](C)(C)C(C)(C)C. The first-order chi connectivity index (χ1) is 14.1. The topological polar surface area (TPSA) is 68.2 Å². The van der Waals surface area contributed by atoms with Crippen LogP contribution in [-0.2, 0) is 13.6 Å².